The van der Waals surface area contributed by atoms with Gasteiger partial charge in [0.1, 0.15) is 24.4 Å². The first-order valence-corrected chi connectivity index (χ1v) is 5.85. The van der Waals surface area contributed by atoms with E-state index in [-0.39, 0.29) is 6.61 Å². The molecule has 18 heavy (non-hydrogen) atoms. The summed E-state index contributed by atoms with van der Waals surface area (Å²) in [5.41, 5.74) is 0. The standard InChI is InChI=1S/C10H21NO7/c12-5-7(13)9(15)10(16)8(14)6-18-11-1-3-17-4-2-11/h7-10,12-16H,1-6H2/t7-,8+,9-,10-/m1/s1. The molecule has 0 aromatic carbocycles. The SMILES string of the molecule is OC[C@@H](O)[C@@H](O)[C@H](O)[C@@H](O)CON1CCOCC1. The van der Waals surface area contributed by atoms with Gasteiger partial charge in [0.05, 0.1) is 26.4 Å². The molecule has 0 spiro atoms. The van der Waals surface area contributed by atoms with E-state index in [9.17, 15) is 15.3 Å². The van der Waals surface area contributed by atoms with E-state index in [0.29, 0.717) is 26.3 Å². The van der Waals surface area contributed by atoms with Crippen molar-refractivity contribution in [2.45, 2.75) is 24.4 Å². The van der Waals surface area contributed by atoms with Crippen LogP contribution in [-0.4, -0.2) is 94.5 Å². The Kier molecular flexibility index (Phi) is 6.97. The minimum absolute atomic E-state index is 0.212. The van der Waals surface area contributed by atoms with Gasteiger partial charge < -0.3 is 30.3 Å². The average molecular weight is 267 g/mol. The topological polar surface area (TPSA) is 123 Å². The average Bonchev–Trinajstić information content (AvgIpc) is 2.43. The molecule has 1 rings (SSSR count). The van der Waals surface area contributed by atoms with Crippen LogP contribution in [0.15, 0.2) is 0 Å². The molecule has 0 bridgehead atoms. The normalized spacial score (nSPS) is 24.5. The molecule has 1 aliphatic rings. The predicted octanol–water partition coefficient (Wildman–Crippen LogP) is -3.31. The Morgan fingerprint density at radius 3 is 2.11 bits per heavy atom. The molecule has 8 nitrogen and oxygen atoms in total. The van der Waals surface area contributed by atoms with Crippen molar-refractivity contribution >= 4 is 0 Å². The highest BCUT2D eigenvalue weighted by Crippen LogP contribution is 2.07. The number of hydrogen-bond acceptors (Lipinski definition) is 8. The highest BCUT2D eigenvalue weighted by molar-refractivity contribution is 4.80. The van der Waals surface area contributed by atoms with Gasteiger partial charge in [0, 0.05) is 13.1 Å². The van der Waals surface area contributed by atoms with Gasteiger partial charge in [-0.1, -0.05) is 0 Å². The van der Waals surface area contributed by atoms with Crippen molar-refractivity contribution in [1.82, 2.24) is 5.06 Å². The van der Waals surface area contributed by atoms with E-state index >= 15 is 0 Å². The second kappa shape index (κ2) is 7.97. The van der Waals surface area contributed by atoms with Gasteiger partial charge in [-0.3, -0.25) is 4.84 Å². The van der Waals surface area contributed by atoms with Crippen LogP contribution in [0.25, 0.3) is 0 Å². The van der Waals surface area contributed by atoms with E-state index in [0.717, 1.165) is 0 Å². The fourth-order valence-corrected chi connectivity index (χ4v) is 1.52. The maximum atomic E-state index is 9.58. The van der Waals surface area contributed by atoms with E-state index in [2.05, 4.69) is 0 Å². The molecule has 1 heterocycles. The Labute approximate surface area is 105 Å². The molecule has 0 aromatic rings. The van der Waals surface area contributed by atoms with Crippen LogP contribution in [0, 0.1) is 0 Å². The number of aliphatic hydroxyl groups excluding tert-OH is 5. The Hall–Kier alpha value is -0.320. The predicted molar refractivity (Wildman–Crippen MR) is 59.5 cm³/mol. The van der Waals surface area contributed by atoms with Crippen LogP contribution in [0.3, 0.4) is 0 Å². The van der Waals surface area contributed by atoms with Crippen LogP contribution in [0.5, 0.6) is 0 Å². The quantitative estimate of drug-likeness (QED) is 0.325. The van der Waals surface area contributed by atoms with Gasteiger partial charge in [0.25, 0.3) is 0 Å². The first kappa shape index (κ1) is 15.7. The first-order chi connectivity index (χ1) is 8.56. The van der Waals surface area contributed by atoms with Gasteiger partial charge in [-0.05, 0) is 0 Å². The molecule has 1 fully saturated rings. The molecule has 0 radical (unpaired) electrons. The second-order valence-corrected chi connectivity index (χ2v) is 4.14. The van der Waals surface area contributed by atoms with Gasteiger partial charge in [-0.25, -0.2) is 0 Å². The molecule has 5 N–H and O–H groups in total. The highest BCUT2D eigenvalue weighted by atomic mass is 16.7. The van der Waals surface area contributed by atoms with Gasteiger partial charge in [-0.2, -0.15) is 5.06 Å². The molecule has 0 amide bonds. The van der Waals surface area contributed by atoms with Crippen molar-refractivity contribution in [3.8, 4) is 0 Å². The minimum Gasteiger partial charge on any atom is -0.394 e. The van der Waals surface area contributed by atoms with Crippen LogP contribution in [0.1, 0.15) is 0 Å². The van der Waals surface area contributed by atoms with Crippen molar-refractivity contribution in [1.29, 1.82) is 0 Å². The number of hydroxylamine groups is 2. The van der Waals surface area contributed by atoms with Gasteiger partial charge >= 0.3 is 0 Å². The molecule has 8 heteroatoms. The zero-order valence-corrected chi connectivity index (χ0v) is 10.1. The minimum atomic E-state index is -1.63. The third kappa shape index (κ3) is 4.75. The lowest BCUT2D eigenvalue weighted by atomic mass is 10.0. The Morgan fingerprint density at radius 2 is 1.56 bits per heavy atom. The summed E-state index contributed by atoms with van der Waals surface area (Å²) in [7, 11) is 0. The van der Waals surface area contributed by atoms with Crippen LogP contribution in [0.4, 0.5) is 0 Å². The smallest absolute Gasteiger partial charge is 0.111 e. The van der Waals surface area contributed by atoms with Gasteiger partial charge in [0.2, 0.25) is 0 Å². The van der Waals surface area contributed by atoms with Crippen molar-refractivity contribution in [2.75, 3.05) is 39.5 Å². The van der Waals surface area contributed by atoms with Crippen molar-refractivity contribution in [2.24, 2.45) is 0 Å². The lowest BCUT2D eigenvalue weighted by Crippen LogP contribution is -2.48. The number of ether oxygens (including phenoxy) is 1. The van der Waals surface area contributed by atoms with Crippen molar-refractivity contribution in [3.63, 3.8) is 0 Å². The molecular formula is C10H21NO7. The van der Waals surface area contributed by atoms with Crippen LogP contribution in [-0.2, 0) is 9.57 Å². The summed E-state index contributed by atoms with van der Waals surface area (Å²) < 4.78 is 5.10. The van der Waals surface area contributed by atoms with Crippen LogP contribution in [0.2, 0.25) is 0 Å². The zero-order valence-electron chi connectivity index (χ0n) is 10.1. The van der Waals surface area contributed by atoms with E-state index in [4.69, 9.17) is 19.8 Å². The molecule has 0 aromatic heterocycles. The van der Waals surface area contributed by atoms with E-state index in [1.165, 1.54) is 0 Å². The third-order valence-corrected chi connectivity index (χ3v) is 2.72. The molecule has 0 aliphatic carbocycles. The summed E-state index contributed by atoms with van der Waals surface area (Å²) in [6.45, 7) is 1.27. The van der Waals surface area contributed by atoms with E-state index < -0.39 is 31.0 Å². The molecule has 108 valence electrons. The van der Waals surface area contributed by atoms with Crippen LogP contribution >= 0.6 is 0 Å². The Bertz CT molecular complexity index is 224. The van der Waals surface area contributed by atoms with Crippen molar-refractivity contribution in [3.05, 3.63) is 0 Å². The second-order valence-electron chi connectivity index (χ2n) is 4.14. The molecular weight excluding hydrogens is 246 g/mol. The highest BCUT2D eigenvalue weighted by Gasteiger charge is 2.30. The van der Waals surface area contributed by atoms with E-state index in [1.54, 1.807) is 5.06 Å². The lowest BCUT2D eigenvalue weighted by Gasteiger charge is -2.29. The third-order valence-electron chi connectivity index (χ3n) is 2.72. The molecule has 4 atom stereocenters. The fraction of sp³-hybridized carbons (Fsp3) is 1.00. The number of rotatable bonds is 7. The summed E-state index contributed by atoms with van der Waals surface area (Å²) >= 11 is 0. The molecule has 0 unspecified atom stereocenters. The monoisotopic (exact) mass is 267 g/mol. The number of aliphatic hydroxyl groups is 5. The summed E-state index contributed by atoms with van der Waals surface area (Å²) in [6.07, 6.45) is -6.08. The number of nitrogens with zero attached hydrogens (tertiary/aromatic N) is 1. The Morgan fingerprint density at radius 1 is 1.00 bits per heavy atom. The number of hydrogen-bond donors (Lipinski definition) is 5. The van der Waals surface area contributed by atoms with E-state index in [1.807, 2.05) is 0 Å². The summed E-state index contributed by atoms with van der Waals surface area (Å²) in [4.78, 5) is 5.22. The molecule has 0 saturated carbocycles. The maximum Gasteiger partial charge on any atom is 0.111 e. The van der Waals surface area contributed by atoms with Crippen molar-refractivity contribution < 1.29 is 35.1 Å². The largest absolute Gasteiger partial charge is 0.394 e. The maximum absolute atomic E-state index is 9.58. The first-order valence-electron chi connectivity index (χ1n) is 5.85. The fourth-order valence-electron chi connectivity index (χ4n) is 1.52. The summed E-state index contributed by atoms with van der Waals surface area (Å²) in [5.74, 6) is 0. The summed E-state index contributed by atoms with van der Waals surface area (Å²) in [5, 5.41) is 47.8. The molecule has 1 aliphatic heterocycles. The van der Waals surface area contributed by atoms with Gasteiger partial charge in [0.15, 0.2) is 0 Å². The zero-order chi connectivity index (χ0) is 13.5. The lowest BCUT2D eigenvalue weighted by molar-refractivity contribution is -0.223. The summed E-state index contributed by atoms with van der Waals surface area (Å²) in [6, 6.07) is 0. The molecule has 1 saturated heterocycles. The van der Waals surface area contributed by atoms with Gasteiger partial charge in [-0.15, -0.1) is 0 Å². The van der Waals surface area contributed by atoms with Crippen LogP contribution < -0.4 is 0 Å². The Balaban J connectivity index is 2.27. The number of morpholine rings is 1.